The fraction of sp³-hybridized carbons (Fsp3) is 0.286. The van der Waals surface area contributed by atoms with Gasteiger partial charge in [0.05, 0.1) is 5.69 Å². The average molecular weight is 244 g/mol. The Morgan fingerprint density at radius 3 is 2.56 bits per heavy atom. The summed E-state index contributed by atoms with van der Waals surface area (Å²) in [7, 11) is 0. The lowest BCUT2D eigenvalue weighted by molar-refractivity contribution is -0.136. The Morgan fingerprint density at radius 2 is 1.94 bits per heavy atom. The van der Waals surface area contributed by atoms with Crippen LogP contribution in [0.1, 0.15) is 23.2 Å². The van der Waals surface area contributed by atoms with Crippen molar-refractivity contribution in [1.82, 2.24) is 10.2 Å². The van der Waals surface area contributed by atoms with Crippen molar-refractivity contribution in [2.45, 2.75) is 26.7 Å². The molecule has 18 heavy (non-hydrogen) atoms. The van der Waals surface area contributed by atoms with Crippen LogP contribution >= 0.6 is 0 Å². The second kappa shape index (κ2) is 5.04. The maximum absolute atomic E-state index is 10.7. The van der Waals surface area contributed by atoms with Gasteiger partial charge in [0.2, 0.25) is 0 Å². The molecule has 0 bridgehead atoms. The van der Waals surface area contributed by atoms with Crippen LogP contribution in [-0.4, -0.2) is 21.3 Å². The third-order valence-corrected chi connectivity index (χ3v) is 2.99. The summed E-state index contributed by atoms with van der Waals surface area (Å²) in [5, 5.41) is 16.0. The predicted molar refractivity (Wildman–Crippen MR) is 69.5 cm³/mol. The molecule has 2 aromatic rings. The Bertz CT molecular complexity index is 556. The van der Waals surface area contributed by atoms with Crippen LogP contribution in [0.15, 0.2) is 24.3 Å². The van der Waals surface area contributed by atoms with E-state index >= 15 is 0 Å². The number of nitrogens with zero attached hydrogens (tertiary/aromatic N) is 1. The quantitative estimate of drug-likeness (QED) is 0.869. The SMILES string of the molecule is Cc1ccc(-c2n[nH]c(C)c2CCC(=O)O)cc1. The standard InChI is InChI=1S/C14H16N2O2/c1-9-3-5-11(6-4-9)14-12(7-8-13(17)18)10(2)15-16-14/h3-6H,7-8H2,1-2H3,(H,15,16)(H,17,18). The van der Waals surface area contributed by atoms with E-state index in [4.69, 9.17) is 5.11 Å². The largest absolute Gasteiger partial charge is 0.481 e. The monoisotopic (exact) mass is 244 g/mol. The molecule has 0 saturated heterocycles. The minimum absolute atomic E-state index is 0.124. The number of hydrogen-bond acceptors (Lipinski definition) is 2. The van der Waals surface area contributed by atoms with Gasteiger partial charge in [-0.1, -0.05) is 29.8 Å². The number of aliphatic carboxylic acids is 1. The van der Waals surface area contributed by atoms with Crippen molar-refractivity contribution >= 4 is 5.97 Å². The third kappa shape index (κ3) is 2.59. The van der Waals surface area contributed by atoms with E-state index in [1.165, 1.54) is 5.56 Å². The van der Waals surface area contributed by atoms with E-state index in [9.17, 15) is 4.79 Å². The molecule has 0 saturated carbocycles. The molecule has 0 amide bonds. The van der Waals surface area contributed by atoms with Gasteiger partial charge in [-0.15, -0.1) is 0 Å². The number of aromatic nitrogens is 2. The molecule has 4 heteroatoms. The van der Waals surface area contributed by atoms with Gasteiger partial charge < -0.3 is 5.11 Å². The molecule has 0 aliphatic carbocycles. The molecule has 2 rings (SSSR count). The van der Waals surface area contributed by atoms with Gasteiger partial charge in [0.25, 0.3) is 0 Å². The Hall–Kier alpha value is -2.10. The molecule has 1 aromatic carbocycles. The highest BCUT2D eigenvalue weighted by Crippen LogP contribution is 2.25. The van der Waals surface area contributed by atoms with Crippen LogP contribution in [0.3, 0.4) is 0 Å². The van der Waals surface area contributed by atoms with Crippen molar-refractivity contribution in [3.05, 3.63) is 41.1 Å². The van der Waals surface area contributed by atoms with Gasteiger partial charge >= 0.3 is 5.97 Å². The molecule has 2 N–H and O–H groups in total. The molecule has 4 nitrogen and oxygen atoms in total. The van der Waals surface area contributed by atoms with E-state index in [0.717, 1.165) is 22.5 Å². The zero-order valence-corrected chi connectivity index (χ0v) is 10.5. The van der Waals surface area contributed by atoms with Gasteiger partial charge in [0.15, 0.2) is 0 Å². The molecule has 0 atom stereocenters. The molecule has 0 aliphatic rings. The first kappa shape index (κ1) is 12.4. The van der Waals surface area contributed by atoms with Crippen LogP contribution in [0, 0.1) is 13.8 Å². The van der Waals surface area contributed by atoms with Crippen molar-refractivity contribution < 1.29 is 9.90 Å². The second-order valence-corrected chi connectivity index (χ2v) is 4.44. The number of nitrogens with one attached hydrogen (secondary N) is 1. The number of carboxylic acids is 1. The summed E-state index contributed by atoms with van der Waals surface area (Å²) in [4.78, 5) is 10.7. The normalized spacial score (nSPS) is 10.6. The molecule has 1 aromatic heterocycles. The van der Waals surface area contributed by atoms with E-state index < -0.39 is 5.97 Å². The minimum atomic E-state index is -0.787. The highest BCUT2D eigenvalue weighted by atomic mass is 16.4. The average Bonchev–Trinajstić information content (AvgIpc) is 2.69. The van der Waals surface area contributed by atoms with Gasteiger partial charge in [0.1, 0.15) is 0 Å². The third-order valence-electron chi connectivity index (χ3n) is 2.99. The van der Waals surface area contributed by atoms with Crippen LogP contribution in [0.25, 0.3) is 11.3 Å². The van der Waals surface area contributed by atoms with Gasteiger partial charge in [-0.25, -0.2) is 0 Å². The fourth-order valence-corrected chi connectivity index (χ4v) is 1.94. The molecule has 0 unspecified atom stereocenters. The fourth-order valence-electron chi connectivity index (χ4n) is 1.94. The van der Waals surface area contributed by atoms with Crippen molar-refractivity contribution in [1.29, 1.82) is 0 Å². The first-order chi connectivity index (χ1) is 8.58. The Morgan fingerprint density at radius 1 is 1.28 bits per heavy atom. The summed E-state index contributed by atoms with van der Waals surface area (Å²) < 4.78 is 0. The lowest BCUT2D eigenvalue weighted by Gasteiger charge is -2.03. The molecular weight excluding hydrogens is 228 g/mol. The number of carboxylic acid groups (broad SMARTS) is 1. The van der Waals surface area contributed by atoms with E-state index in [2.05, 4.69) is 10.2 Å². The summed E-state index contributed by atoms with van der Waals surface area (Å²) in [6.45, 7) is 3.95. The Balaban J connectivity index is 2.33. The smallest absolute Gasteiger partial charge is 0.303 e. The number of rotatable bonds is 4. The lowest BCUT2D eigenvalue weighted by Crippen LogP contribution is -1.99. The number of aryl methyl sites for hydroxylation is 2. The molecular formula is C14H16N2O2. The van der Waals surface area contributed by atoms with Crippen LogP contribution in [-0.2, 0) is 11.2 Å². The first-order valence-electron chi connectivity index (χ1n) is 5.90. The van der Waals surface area contributed by atoms with Gasteiger partial charge in [0, 0.05) is 23.2 Å². The van der Waals surface area contributed by atoms with Crippen molar-refractivity contribution in [3.8, 4) is 11.3 Å². The molecule has 94 valence electrons. The summed E-state index contributed by atoms with van der Waals surface area (Å²) in [5.74, 6) is -0.787. The summed E-state index contributed by atoms with van der Waals surface area (Å²) in [6.07, 6.45) is 0.625. The van der Waals surface area contributed by atoms with E-state index in [1.807, 2.05) is 38.1 Å². The van der Waals surface area contributed by atoms with E-state index in [-0.39, 0.29) is 6.42 Å². The van der Waals surface area contributed by atoms with Gasteiger partial charge in [-0.05, 0) is 20.3 Å². The zero-order chi connectivity index (χ0) is 13.1. The van der Waals surface area contributed by atoms with Crippen molar-refractivity contribution in [2.75, 3.05) is 0 Å². The van der Waals surface area contributed by atoms with E-state index in [1.54, 1.807) is 0 Å². The topological polar surface area (TPSA) is 66.0 Å². The van der Waals surface area contributed by atoms with Gasteiger partial charge in [-0.3, -0.25) is 9.89 Å². The summed E-state index contributed by atoms with van der Waals surface area (Å²) in [6, 6.07) is 8.07. The zero-order valence-electron chi connectivity index (χ0n) is 10.5. The maximum Gasteiger partial charge on any atom is 0.303 e. The summed E-state index contributed by atoms with van der Waals surface area (Å²) >= 11 is 0. The van der Waals surface area contributed by atoms with Crippen LogP contribution < -0.4 is 0 Å². The minimum Gasteiger partial charge on any atom is -0.481 e. The van der Waals surface area contributed by atoms with Crippen molar-refractivity contribution in [3.63, 3.8) is 0 Å². The highest BCUT2D eigenvalue weighted by molar-refractivity contribution is 5.69. The maximum atomic E-state index is 10.7. The Kier molecular flexibility index (Phi) is 3.46. The molecule has 0 fully saturated rings. The number of H-pyrrole nitrogens is 1. The molecule has 0 radical (unpaired) electrons. The number of carbonyl (C=O) groups is 1. The van der Waals surface area contributed by atoms with Crippen LogP contribution in [0.2, 0.25) is 0 Å². The molecule has 1 heterocycles. The summed E-state index contributed by atoms with van der Waals surface area (Å²) in [5.41, 5.74) is 4.99. The second-order valence-electron chi connectivity index (χ2n) is 4.44. The molecule has 0 aliphatic heterocycles. The van der Waals surface area contributed by atoms with Crippen LogP contribution in [0.5, 0.6) is 0 Å². The first-order valence-corrected chi connectivity index (χ1v) is 5.90. The van der Waals surface area contributed by atoms with E-state index in [0.29, 0.717) is 6.42 Å². The Labute approximate surface area is 106 Å². The van der Waals surface area contributed by atoms with Crippen molar-refractivity contribution in [2.24, 2.45) is 0 Å². The van der Waals surface area contributed by atoms with Crippen LogP contribution in [0.4, 0.5) is 0 Å². The number of hydrogen-bond donors (Lipinski definition) is 2. The highest BCUT2D eigenvalue weighted by Gasteiger charge is 2.13. The number of aromatic amines is 1. The lowest BCUT2D eigenvalue weighted by atomic mass is 10.0. The number of benzene rings is 1. The predicted octanol–water partition coefficient (Wildman–Crippen LogP) is 2.71. The van der Waals surface area contributed by atoms with Gasteiger partial charge in [-0.2, -0.15) is 5.10 Å². The molecule has 0 spiro atoms.